The van der Waals surface area contributed by atoms with Crippen molar-refractivity contribution < 1.29 is 9.90 Å². The lowest BCUT2D eigenvalue weighted by Crippen LogP contribution is -2.51. The normalized spacial score (nSPS) is 16.5. The summed E-state index contributed by atoms with van der Waals surface area (Å²) >= 11 is 0. The van der Waals surface area contributed by atoms with Crippen LogP contribution < -0.4 is 5.73 Å². The maximum absolute atomic E-state index is 10.7. The van der Waals surface area contributed by atoms with Crippen molar-refractivity contribution in [2.75, 3.05) is 0 Å². The Kier molecular flexibility index (Phi) is 3.52. The summed E-state index contributed by atoms with van der Waals surface area (Å²) < 4.78 is 0. The Bertz CT molecular complexity index is 139. The fourth-order valence-electron chi connectivity index (χ4n) is 1.31. The van der Waals surface area contributed by atoms with Crippen molar-refractivity contribution in [2.24, 2.45) is 11.7 Å². The van der Waals surface area contributed by atoms with Crippen LogP contribution in [0.3, 0.4) is 0 Å². The van der Waals surface area contributed by atoms with Crippen molar-refractivity contribution in [1.82, 2.24) is 0 Å². The van der Waals surface area contributed by atoms with Crippen LogP contribution in [-0.4, -0.2) is 16.6 Å². The predicted molar refractivity (Wildman–Crippen MR) is 44.3 cm³/mol. The van der Waals surface area contributed by atoms with Gasteiger partial charge < -0.3 is 10.8 Å². The molecule has 0 rings (SSSR count). The van der Waals surface area contributed by atoms with Gasteiger partial charge in [-0.15, -0.1) is 0 Å². The van der Waals surface area contributed by atoms with Crippen LogP contribution in [0.2, 0.25) is 0 Å². The molecule has 1 unspecified atom stereocenters. The van der Waals surface area contributed by atoms with Crippen LogP contribution in [0, 0.1) is 5.92 Å². The second-order valence-corrected chi connectivity index (χ2v) is 3.10. The highest BCUT2D eigenvalue weighted by molar-refractivity contribution is 5.78. The topological polar surface area (TPSA) is 63.3 Å². The minimum Gasteiger partial charge on any atom is -0.480 e. The summed E-state index contributed by atoms with van der Waals surface area (Å²) in [5.74, 6) is -0.841. The van der Waals surface area contributed by atoms with Gasteiger partial charge in [0, 0.05) is 0 Å². The van der Waals surface area contributed by atoms with Crippen molar-refractivity contribution in [1.29, 1.82) is 0 Å². The van der Waals surface area contributed by atoms with E-state index in [4.69, 9.17) is 10.8 Å². The average Bonchev–Trinajstić information content (AvgIpc) is 1.89. The molecule has 0 aliphatic rings. The van der Waals surface area contributed by atoms with Gasteiger partial charge in [-0.2, -0.15) is 0 Å². The summed E-state index contributed by atoms with van der Waals surface area (Å²) in [6.45, 7) is 5.50. The van der Waals surface area contributed by atoms with Crippen LogP contribution in [0.5, 0.6) is 0 Å². The zero-order chi connectivity index (χ0) is 9.07. The first-order valence-corrected chi connectivity index (χ1v) is 3.99. The number of aliphatic carboxylic acids is 1. The molecular weight excluding hydrogens is 142 g/mol. The molecule has 0 saturated heterocycles. The molecule has 0 bridgehead atoms. The quantitative estimate of drug-likeness (QED) is 0.648. The third kappa shape index (κ3) is 2.19. The van der Waals surface area contributed by atoms with Crippen molar-refractivity contribution >= 4 is 5.97 Å². The van der Waals surface area contributed by atoms with Gasteiger partial charge in [-0.05, 0) is 12.8 Å². The molecule has 3 heteroatoms. The number of carboxylic acid groups (broad SMARTS) is 1. The van der Waals surface area contributed by atoms with Gasteiger partial charge in [0.1, 0.15) is 5.54 Å². The Balaban J connectivity index is 4.36. The summed E-state index contributed by atoms with van der Waals surface area (Å²) in [6.07, 6.45) is 1.63. The minimum atomic E-state index is -1.07. The van der Waals surface area contributed by atoms with Gasteiger partial charge in [0.15, 0.2) is 0 Å². The van der Waals surface area contributed by atoms with Crippen LogP contribution in [0.4, 0.5) is 0 Å². The lowest BCUT2D eigenvalue weighted by molar-refractivity contribution is -0.144. The van der Waals surface area contributed by atoms with Crippen LogP contribution in [-0.2, 0) is 4.79 Å². The van der Waals surface area contributed by atoms with Gasteiger partial charge in [0.25, 0.3) is 0 Å². The van der Waals surface area contributed by atoms with E-state index in [2.05, 4.69) is 0 Å². The number of carbonyl (C=O) groups is 1. The van der Waals surface area contributed by atoms with Gasteiger partial charge in [0.05, 0.1) is 0 Å². The molecule has 3 N–H and O–H groups in total. The number of carboxylic acids is 1. The monoisotopic (exact) mass is 159 g/mol. The molecule has 0 heterocycles. The van der Waals surface area contributed by atoms with Crippen molar-refractivity contribution in [2.45, 2.75) is 39.2 Å². The van der Waals surface area contributed by atoms with Gasteiger partial charge >= 0.3 is 5.97 Å². The number of rotatable bonds is 4. The van der Waals surface area contributed by atoms with E-state index in [0.717, 1.165) is 12.8 Å². The molecule has 0 aromatic rings. The Morgan fingerprint density at radius 3 is 2.00 bits per heavy atom. The number of hydrogen-bond donors (Lipinski definition) is 2. The van der Waals surface area contributed by atoms with E-state index in [1.807, 2.05) is 13.8 Å². The Morgan fingerprint density at radius 2 is 1.91 bits per heavy atom. The molecular formula is C8H17NO2. The highest BCUT2D eigenvalue weighted by atomic mass is 16.4. The first kappa shape index (κ1) is 10.4. The van der Waals surface area contributed by atoms with Crippen LogP contribution >= 0.6 is 0 Å². The third-order valence-corrected chi connectivity index (χ3v) is 2.29. The number of hydrogen-bond acceptors (Lipinski definition) is 2. The van der Waals surface area contributed by atoms with Crippen LogP contribution in [0.25, 0.3) is 0 Å². The SMILES string of the molecule is CCC(CC)C(C)(N)C(=O)O. The molecule has 11 heavy (non-hydrogen) atoms. The molecule has 0 aliphatic carbocycles. The maximum atomic E-state index is 10.7. The largest absolute Gasteiger partial charge is 0.480 e. The molecule has 0 radical (unpaired) electrons. The fourth-order valence-corrected chi connectivity index (χ4v) is 1.31. The highest BCUT2D eigenvalue weighted by Gasteiger charge is 2.34. The molecule has 0 saturated carbocycles. The summed E-state index contributed by atoms with van der Waals surface area (Å²) in [6, 6.07) is 0. The summed E-state index contributed by atoms with van der Waals surface area (Å²) in [4.78, 5) is 10.7. The van der Waals surface area contributed by atoms with Crippen LogP contribution in [0.15, 0.2) is 0 Å². The highest BCUT2D eigenvalue weighted by Crippen LogP contribution is 2.21. The first-order chi connectivity index (χ1) is 4.96. The van der Waals surface area contributed by atoms with Gasteiger partial charge in [-0.1, -0.05) is 26.7 Å². The molecule has 0 fully saturated rings. The summed E-state index contributed by atoms with van der Waals surface area (Å²) in [5, 5.41) is 8.75. The average molecular weight is 159 g/mol. The van der Waals surface area contributed by atoms with E-state index in [-0.39, 0.29) is 5.92 Å². The second kappa shape index (κ2) is 3.72. The van der Waals surface area contributed by atoms with E-state index in [1.54, 1.807) is 6.92 Å². The Labute approximate surface area is 67.6 Å². The molecule has 1 atom stereocenters. The molecule has 66 valence electrons. The van der Waals surface area contributed by atoms with Gasteiger partial charge in [0.2, 0.25) is 0 Å². The smallest absolute Gasteiger partial charge is 0.323 e. The molecule has 3 nitrogen and oxygen atoms in total. The predicted octanol–water partition coefficient (Wildman–Crippen LogP) is 1.22. The Hall–Kier alpha value is -0.570. The standard InChI is InChI=1S/C8H17NO2/c1-4-6(5-2)8(3,9)7(10)11/h6H,4-5,9H2,1-3H3,(H,10,11). The molecule has 0 spiro atoms. The van der Waals surface area contributed by atoms with Crippen molar-refractivity contribution in [3.63, 3.8) is 0 Å². The lowest BCUT2D eigenvalue weighted by Gasteiger charge is -2.28. The van der Waals surface area contributed by atoms with E-state index in [9.17, 15) is 4.79 Å². The third-order valence-electron chi connectivity index (χ3n) is 2.29. The van der Waals surface area contributed by atoms with E-state index < -0.39 is 11.5 Å². The molecule has 0 amide bonds. The van der Waals surface area contributed by atoms with E-state index in [1.165, 1.54) is 0 Å². The van der Waals surface area contributed by atoms with Gasteiger partial charge in [-0.3, -0.25) is 4.79 Å². The summed E-state index contributed by atoms with van der Waals surface area (Å²) in [7, 11) is 0. The van der Waals surface area contributed by atoms with E-state index in [0.29, 0.717) is 0 Å². The van der Waals surface area contributed by atoms with Crippen LogP contribution in [0.1, 0.15) is 33.6 Å². The fraction of sp³-hybridized carbons (Fsp3) is 0.875. The zero-order valence-electron chi connectivity index (χ0n) is 7.42. The second-order valence-electron chi connectivity index (χ2n) is 3.10. The molecule has 0 aromatic heterocycles. The number of nitrogens with two attached hydrogens (primary N) is 1. The molecule has 0 aliphatic heterocycles. The van der Waals surface area contributed by atoms with Crippen molar-refractivity contribution in [3.8, 4) is 0 Å². The first-order valence-electron chi connectivity index (χ1n) is 3.99. The van der Waals surface area contributed by atoms with Crippen molar-refractivity contribution in [3.05, 3.63) is 0 Å². The maximum Gasteiger partial charge on any atom is 0.323 e. The van der Waals surface area contributed by atoms with E-state index >= 15 is 0 Å². The minimum absolute atomic E-state index is 0.0694. The van der Waals surface area contributed by atoms with Gasteiger partial charge in [-0.25, -0.2) is 0 Å². The zero-order valence-corrected chi connectivity index (χ0v) is 7.42. The molecule has 0 aromatic carbocycles. The Morgan fingerprint density at radius 1 is 1.55 bits per heavy atom. The lowest BCUT2D eigenvalue weighted by atomic mass is 9.83. The summed E-state index contributed by atoms with van der Waals surface area (Å²) in [5.41, 5.74) is 4.56.